The van der Waals surface area contributed by atoms with Gasteiger partial charge in [0.15, 0.2) is 0 Å². The molecule has 3 heterocycles. The molecule has 0 bridgehead atoms. The highest BCUT2D eigenvalue weighted by Gasteiger charge is 2.06. The fourth-order valence-corrected chi connectivity index (χ4v) is 2.78. The van der Waals surface area contributed by atoms with Gasteiger partial charge < -0.3 is 0 Å². The van der Waals surface area contributed by atoms with Gasteiger partial charge in [-0.3, -0.25) is 9.38 Å². The summed E-state index contributed by atoms with van der Waals surface area (Å²) in [5, 5.41) is 1.16. The van der Waals surface area contributed by atoms with E-state index in [9.17, 15) is 0 Å². The average molecular weight is 369 g/mol. The maximum Gasteiger partial charge on any atom is 0.233 e. The smallest absolute Gasteiger partial charge is 0.233 e. The standard InChI is InChI=1S/C16H11BrN4.C2H6/c17-13-8-19-16-20-9-14(21(16)10-13)7-11-3-4-15-12(6-11)2-1-5-18-15;1-2/h1-6,8-10H,7H2;1-2H3. The topological polar surface area (TPSA) is 43.1 Å². The zero-order valence-corrected chi connectivity index (χ0v) is 14.7. The minimum atomic E-state index is 0.718. The van der Waals surface area contributed by atoms with Gasteiger partial charge in [0.2, 0.25) is 5.78 Å². The first-order valence-electron chi connectivity index (χ1n) is 7.61. The Hall–Kier alpha value is -2.27. The Morgan fingerprint density at radius 2 is 1.87 bits per heavy atom. The second kappa shape index (κ2) is 6.87. The molecule has 0 saturated carbocycles. The summed E-state index contributed by atoms with van der Waals surface area (Å²) in [6.07, 6.45) is 8.25. The molecule has 0 aliphatic heterocycles. The number of rotatable bonds is 2. The summed E-state index contributed by atoms with van der Waals surface area (Å²) < 4.78 is 2.95. The van der Waals surface area contributed by atoms with Crippen molar-refractivity contribution in [1.29, 1.82) is 0 Å². The SMILES string of the molecule is Brc1cnc2ncc(Cc3ccc4ncccc4c3)n2c1.CC. The van der Waals surface area contributed by atoms with E-state index in [4.69, 9.17) is 0 Å². The quantitative estimate of drug-likeness (QED) is 0.516. The van der Waals surface area contributed by atoms with Crippen molar-refractivity contribution in [3.63, 3.8) is 0 Å². The van der Waals surface area contributed by atoms with Crippen LogP contribution in [0.25, 0.3) is 16.7 Å². The lowest BCUT2D eigenvalue weighted by Gasteiger charge is -2.04. The summed E-state index contributed by atoms with van der Waals surface area (Å²) in [6.45, 7) is 4.00. The van der Waals surface area contributed by atoms with Gasteiger partial charge in [-0.2, -0.15) is 0 Å². The van der Waals surface area contributed by atoms with E-state index in [1.54, 1.807) is 6.20 Å². The highest BCUT2D eigenvalue weighted by Crippen LogP contribution is 2.18. The molecule has 0 aliphatic carbocycles. The minimum Gasteiger partial charge on any atom is -0.287 e. The molecule has 3 aromatic heterocycles. The molecule has 0 amide bonds. The van der Waals surface area contributed by atoms with Gasteiger partial charge in [-0.15, -0.1) is 0 Å². The lowest BCUT2D eigenvalue weighted by Crippen LogP contribution is -1.96. The van der Waals surface area contributed by atoms with E-state index in [0.717, 1.165) is 33.3 Å². The van der Waals surface area contributed by atoms with Gasteiger partial charge in [-0.05, 0) is 39.7 Å². The largest absolute Gasteiger partial charge is 0.287 e. The number of hydrogen-bond acceptors (Lipinski definition) is 3. The monoisotopic (exact) mass is 368 g/mol. The summed E-state index contributed by atoms with van der Waals surface area (Å²) in [6, 6.07) is 10.4. The van der Waals surface area contributed by atoms with Crippen LogP contribution in [0.4, 0.5) is 0 Å². The number of imidazole rings is 1. The zero-order chi connectivity index (χ0) is 16.2. The van der Waals surface area contributed by atoms with Crippen LogP contribution in [0, 0.1) is 0 Å². The van der Waals surface area contributed by atoms with Crippen molar-refractivity contribution in [1.82, 2.24) is 19.4 Å². The summed E-state index contributed by atoms with van der Waals surface area (Å²) in [5.41, 5.74) is 3.36. The molecule has 4 aromatic rings. The fourth-order valence-electron chi connectivity index (χ4n) is 2.47. The lowest BCUT2D eigenvalue weighted by molar-refractivity contribution is 0.997. The first-order chi connectivity index (χ1) is 11.3. The minimum absolute atomic E-state index is 0.718. The van der Waals surface area contributed by atoms with Crippen LogP contribution < -0.4 is 0 Å². The number of aromatic nitrogens is 4. The maximum absolute atomic E-state index is 4.35. The molecular formula is C18H17BrN4. The second-order valence-electron chi connectivity index (χ2n) is 4.90. The molecule has 0 N–H and O–H groups in total. The predicted octanol–water partition coefficient (Wildman–Crippen LogP) is 4.66. The fraction of sp³-hybridized carbons (Fsp3) is 0.167. The first-order valence-corrected chi connectivity index (χ1v) is 8.40. The molecular weight excluding hydrogens is 352 g/mol. The van der Waals surface area contributed by atoms with Crippen LogP contribution in [-0.4, -0.2) is 19.4 Å². The second-order valence-corrected chi connectivity index (χ2v) is 5.81. The van der Waals surface area contributed by atoms with Gasteiger partial charge in [0.25, 0.3) is 0 Å². The number of hydrogen-bond donors (Lipinski definition) is 0. The Kier molecular flexibility index (Phi) is 4.67. The van der Waals surface area contributed by atoms with E-state index in [0.29, 0.717) is 0 Å². The molecule has 0 fully saturated rings. The highest BCUT2D eigenvalue weighted by atomic mass is 79.9. The van der Waals surface area contributed by atoms with Gasteiger partial charge in [-0.1, -0.05) is 26.0 Å². The van der Waals surface area contributed by atoms with E-state index < -0.39 is 0 Å². The summed E-state index contributed by atoms with van der Waals surface area (Å²) in [4.78, 5) is 13.0. The molecule has 4 rings (SSSR count). The molecule has 116 valence electrons. The number of fused-ring (bicyclic) bond motifs is 2. The molecule has 0 unspecified atom stereocenters. The third-order valence-corrected chi connectivity index (χ3v) is 3.87. The van der Waals surface area contributed by atoms with Crippen molar-refractivity contribution in [2.24, 2.45) is 0 Å². The summed E-state index contributed by atoms with van der Waals surface area (Å²) in [7, 11) is 0. The van der Waals surface area contributed by atoms with Crippen molar-refractivity contribution in [2.45, 2.75) is 20.3 Å². The maximum atomic E-state index is 4.35. The van der Waals surface area contributed by atoms with Crippen LogP contribution in [0.1, 0.15) is 25.1 Å². The Bertz CT molecular complexity index is 946. The van der Waals surface area contributed by atoms with E-state index in [-0.39, 0.29) is 0 Å². The van der Waals surface area contributed by atoms with Gasteiger partial charge in [0.1, 0.15) is 0 Å². The number of pyridine rings is 1. The van der Waals surface area contributed by atoms with E-state index >= 15 is 0 Å². The van der Waals surface area contributed by atoms with E-state index in [2.05, 4.69) is 55.1 Å². The van der Waals surface area contributed by atoms with Crippen molar-refractivity contribution < 1.29 is 0 Å². The normalized spacial score (nSPS) is 10.6. The molecule has 1 aromatic carbocycles. The van der Waals surface area contributed by atoms with Gasteiger partial charge >= 0.3 is 0 Å². The van der Waals surface area contributed by atoms with Crippen LogP contribution in [0.2, 0.25) is 0 Å². The Labute approximate surface area is 143 Å². The van der Waals surface area contributed by atoms with Crippen LogP contribution in [0.15, 0.2) is 59.6 Å². The third kappa shape index (κ3) is 3.24. The van der Waals surface area contributed by atoms with Crippen LogP contribution in [-0.2, 0) is 6.42 Å². The zero-order valence-electron chi connectivity index (χ0n) is 13.1. The number of nitrogens with zero attached hydrogens (tertiary/aromatic N) is 4. The summed E-state index contributed by atoms with van der Waals surface area (Å²) in [5.74, 6) is 0.718. The van der Waals surface area contributed by atoms with E-state index in [1.165, 1.54) is 5.56 Å². The molecule has 4 nitrogen and oxygen atoms in total. The van der Waals surface area contributed by atoms with Crippen molar-refractivity contribution >= 4 is 32.6 Å². The van der Waals surface area contributed by atoms with Crippen molar-refractivity contribution in [2.75, 3.05) is 0 Å². The lowest BCUT2D eigenvalue weighted by atomic mass is 10.1. The van der Waals surface area contributed by atoms with Crippen LogP contribution >= 0.6 is 15.9 Å². The summed E-state index contributed by atoms with van der Waals surface area (Å²) >= 11 is 3.45. The Morgan fingerprint density at radius 3 is 2.74 bits per heavy atom. The molecule has 0 aliphatic rings. The third-order valence-electron chi connectivity index (χ3n) is 3.46. The molecule has 0 atom stereocenters. The Morgan fingerprint density at radius 1 is 1.04 bits per heavy atom. The van der Waals surface area contributed by atoms with Crippen molar-refractivity contribution in [3.05, 3.63) is 70.8 Å². The van der Waals surface area contributed by atoms with Crippen molar-refractivity contribution in [3.8, 4) is 0 Å². The van der Waals surface area contributed by atoms with Gasteiger partial charge in [-0.25, -0.2) is 9.97 Å². The molecule has 0 saturated heterocycles. The molecule has 5 heteroatoms. The first kappa shape index (κ1) is 15.6. The van der Waals surface area contributed by atoms with Crippen LogP contribution in [0.5, 0.6) is 0 Å². The Balaban J connectivity index is 0.000000753. The molecule has 23 heavy (non-hydrogen) atoms. The average Bonchev–Trinajstić information content (AvgIpc) is 2.99. The highest BCUT2D eigenvalue weighted by molar-refractivity contribution is 9.10. The predicted molar refractivity (Wildman–Crippen MR) is 96.6 cm³/mol. The van der Waals surface area contributed by atoms with Gasteiger partial charge in [0.05, 0.1) is 16.2 Å². The molecule has 0 spiro atoms. The number of benzene rings is 1. The van der Waals surface area contributed by atoms with E-state index in [1.807, 2.05) is 42.9 Å². The number of halogens is 1. The molecule has 0 radical (unpaired) electrons. The van der Waals surface area contributed by atoms with Crippen LogP contribution in [0.3, 0.4) is 0 Å². The van der Waals surface area contributed by atoms with Gasteiger partial charge in [0, 0.05) is 36.1 Å².